The van der Waals surface area contributed by atoms with Gasteiger partial charge >= 0.3 is 0 Å². The van der Waals surface area contributed by atoms with E-state index in [9.17, 15) is 23.5 Å². The standard InChI is InChI=1S/C25H24N3O7S/c1-16(29)14-28(31)36(32,33)19-8-5-17(6-9-19)20-3-2-4-23(26-20)27-24(30)25(11-12-25)18-7-10-21-22(13-18)35-15-34-21/h2-10,13,16,29H,11-12,14-15H2,1H3,(H,26,27,30)/q-1/t16-/m1/s1. The van der Waals surface area contributed by atoms with Crippen molar-refractivity contribution >= 4 is 21.7 Å². The number of aliphatic hydroxyl groups excluding tert-OH is 1. The van der Waals surface area contributed by atoms with Gasteiger partial charge in [0.05, 0.1) is 22.1 Å². The third-order valence-corrected chi connectivity index (χ3v) is 7.78. The molecule has 0 radical (unpaired) electrons. The van der Waals surface area contributed by atoms with Crippen molar-refractivity contribution in [3.63, 3.8) is 0 Å². The Morgan fingerprint density at radius 1 is 1.14 bits per heavy atom. The van der Waals surface area contributed by atoms with E-state index >= 15 is 0 Å². The lowest BCUT2D eigenvalue weighted by molar-refractivity contribution is -0.118. The third kappa shape index (κ3) is 4.53. The summed E-state index contributed by atoms with van der Waals surface area (Å²) in [6.07, 6.45) is 0.332. The quantitative estimate of drug-likeness (QED) is 0.441. The van der Waals surface area contributed by atoms with Crippen LogP contribution in [-0.2, 0) is 20.2 Å². The summed E-state index contributed by atoms with van der Waals surface area (Å²) in [6, 6.07) is 16.4. The molecule has 5 rings (SSSR count). The fourth-order valence-electron chi connectivity index (χ4n) is 4.10. The van der Waals surface area contributed by atoms with Gasteiger partial charge < -0.3 is 25.1 Å². The van der Waals surface area contributed by atoms with E-state index in [-0.39, 0.29) is 22.1 Å². The van der Waals surface area contributed by atoms with Crippen LogP contribution in [0.3, 0.4) is 0 Å². The van der Waals surface area contributed by atoms with Gasteiger partial charge in [0, 0.05) is 12.1 Å². The number of carbonyl (C=O) groups excluding carboxylic acids is 1. The molecular weight excluding hydrogens is 486 g/mol. The zero-order valence-corrected chi connectivity index (χ0v) is 20.2. The molecular formula is C25H24N3O7S-. The van der Waals surface area contributed by atoms with Gasteiger partial charge in [0.2, 0.25) is 22.7 Å². The number of aromatic nitrogens is 1. The van der Waals surface area contributed by atoms with Gasteiger partial charge in [-0.25, -0.2) is 13.4 Å². The number of hydroxylamine groups is 1. The molecule has 0 spiro atoms. The molecule has 2 aliphatic rings. The van der Waals surface area contributed by atoms with Crippen molar-refractivity contribution in [3.05, 3.63) is 71.4 Å². The van der Waals surface area contributed by atoms with E-state index in [1.165, 1.54) is 31.2 Å². The van der Waals surface area contributed by atoms with Crippen molar-refractivity contribution in [2.24, 2.45) is 0 Å². The van der Waals surface area contributed by atoms with Gasteiger partial charge in [-0.15, -0.1) is 0 Å². The topological polar surface area (TPSA) is 141 Å². The minimum Gasteiger partial charge on any atom is -0.772 e. The number of ether oxygens (including phenoxy) is 2. The van der Waals surface area contributed by atoms with Crippen molar-refractivity contribution in [3.8, 4) is 22.8 Å². The minimum atomic E-state index is -4.27. The summed E-state index contributed by atoms with van der Waals surface area (Å²) < 4.78 is 35.5. The first-order valence-corrected chi connectivity index (χ1v) is 12.8. The monoisotopic (exact) mass is 510 g/mol. The highest BCUT2D eigenvalue weighted by atomic mass is 32.2. The Hall–Kier alpha value is -3.51. The second kappa shape index (κ2) is 9.17. The fraction of sp³-hybridized carbons (Fsp3) is 0.280. The molecule has 1 atom stereocenters. The molecule has 2 heterocycles. The number of pyridine rings is 1. The maximum Gasteiger partial charge on any atom is 0.236 e. The lowest BCUT2D eigenvalue weighted by Gasteiger charge is -2.28. The molecule has 0 saturated heterocycles. The second-order valence-electron chi connectivity index (χ2n) is 8.88. The molecule has 1 saturated carbocycles. The number of rotatable bonds is 8. The highest BCUT2D eigenvalue weighted by Crippen LogP contribution is 2.51. The van der Waals surface area contributed by atoms with E-state index in [2.05, 4.69) is 10.3 Å². The Labute approximate surface area is 208 Å². The number of aliphatic hydroxyl groups is 1. The Balaban J connectivity index is 1.32. The van der Waals surface area contributed by atoms with Crippen LogP contribution in [0.4, 0.5) is 5.82 Å². The van der Waals surface area contributed by atoms with Gasteiger partial charge in [-0.2, -0.15) is 0 Å². The van der Waals surface area contributed by atoms with Gasteiger partial charge in [-0.3, -0.25) is 9.26 Å². The molecule has 10 nitrogen and oxygen atoms in total. The Bertz CT molecular complexity index is 1400. The number of hydrogen-bond acceptors (Lipinski definition) is 8. The van der Waals surface area contributed by atoms with E-state index in [0.717, 1.165) is 5.56 Å². The summed E-state index contributed by atoms with van der Waals surface area (Å²) in [6.45, 7) is 0.945. The van der Waals surface area contributed by atoms with E-state index < -0.39 is 28.1 Å². The molecule has 1 aliphatic carbocycles. The summed E-state index contributed by atoms with van der Waals surface area (Å²) >= 11 is 0. The van der Waals surface area contributed by atoms with Gasteiger partial charge in [0.1, 0.15) is 5.82 Å². The number of nitrogens with one attached hydrogen (secondary N) is 1. The lowest BCUT2D eigenvalue weighted by Crippen LogP contribution is -2.31. The summed E-state index contributed by atoms with van der Waals surface area (Å²) in [7, 11) is -4.27. The molecule has 2 N–H and O–H groups in total. The lowest BCUT2D eigenvalue weighted by atomic mass is 9.94. The molecule has 11 heteroatoms. The summed E-state index contributed by atoms with van der Waals surface area (Å²) in [5.74, 6) is 1.49. The van der Waals surface area contributed by atoms with E-state index in [1.807, 2.05) is 18.2 Å². The molecule has 1 fully saturated rings. The first-order chi connectivity index (χ1) is 17.2. The molecule has 3 aromatic rings. The fourth-order valence-corrected chi connectivity index (χ4v) is 5.22. The van der Waals surface area contributed by atoms with Crippen LogP contribution in [0.5, 0.6) is 11.5 Å². The van der Waals surface area contributed by atoms with Gasteiger partial charge in [0.15, 0.2) is 11.5 Å². The van der Waals surface area contributed by atoms with Crippen molar-refractivity contribution in [1.29, 1.82) is 0 Å². The van der Waals surface area contributed by atoms with Crippen molar-refractivity contribution in [2.45, 2.75) is 36.2 Å². The van der Waals surface area contributed by atoms with Crippen LogP contribution in [-0.4, -0.2) is 48.3 Å². The molecule has 36 heavy (non-hydrogen) atoms. The molecule has 1 aliphatic heterocycles. The molecule has 1 amide bonds. The van der Waals surface area contributed by atoms with Gasteiger partial charge in [0.25, 0.3) is 0 Å². The predicted octanol–water partition coefficient (Wildman–Crippen LogP) is 3.02. The molecule has 0 bridgehead atoms. The van der Waals surface area contributed by atoms with Crippen LogP contribution in [0.15, 0.2) is 65.6 Å². The summed E-state index contributed by atoms with van der Waals surface area (Å²) in [5, 5.41) is 24.1. The van der Waals surface area contributed by atoms with Crippen LogP contribution >= 0.6 is 0 Å². The van der Waals surface area contributed by atoms with Crippen LogP contribution < -0.4 is 14.8 Å². The number of carbonyl (C=O) groups is 1. The first-order valence-electron chi connectivity index (χ1n) is 11.4. The maximum absolute atomic E-state index is 13.2. The SMILES string of the molecule is C[C@@H](O)CN([O-])S(=O)(=O)c1ccc(-c2cccc(NC(=O)C3(c4ccc5c(c4)OCO5)CC3)n2)cc1. The van der Waals surface area contributed by atoms with Crippen LogP contribution in [0.1, 0.15) is 25.3 Å². The average Bonchev–Trinajstić information content (AvgIpc) is 3.54. The Morgan fingerprint density at radius 2 is 1.86 bits per heavy atom. The Morgan fingerprint density at radius 3 is 2.56 bits per heavy atom. The predicted molar refractivity (Wildman–Crippen MR) is 131 cm³/mol. The van der Waals surface area contributed by atoms with Crippen molar-refractivity contribution in [1.82, 2.24) is 9.45 Å². The number of fused-ring (bicyclic) bond motifs is 1. The van der Waals surface area contributed by atoms with Crippen LogP contribution in [0.25, 0.3) is 11.3 Å². The second-order valence-corrected chi connectivity index (χ2v) is 10.7. The van der Waals surface area contributed by atoms with E-state index in [4.69, 9.17) is 9.47 Å². The van der Waals surface area contributed by atoms with E-state index in [1.54, 1.807) is 18.2 Å². The normalized spacial score (nSPS) is 16.6. The average molecular weight is 511 g/mol. The zero-order valence-electron chi connectivity index (χ0n) is 19.4. The van der Waals surface area contributed by atoms with Crippen LogP contribution in [0.2, 0.25) is 0 Å². The minimum absolute atomic E-state index is 0.130. The molecule has 2 aromatic carbocycles. The van der Waals surface area contributed by atoms with Crippen molar-refractivity contribution < 1.29 is 27.8 Å². The molecule has 0 unspecified atom stereocenters. The molecule has 188 valence electrons. The van der Waals surface area contributed by atoms with Gasteiger partial charge in [-0.1, -0.05) is 24.3 Å². The summed E-state index contributed by atoms with van der Waals surface area (Å²) in [5.41, 5.74) is 1.34. The zero-order chi connectivity index (χ0) is 25.5. The van der Waals surface area contributed by atoms with E-state index in [0.29, 0.717) is 41.4 Å². The number of sulfonamides is 1. The number of hydrogen-bond donors (Lipinski definition) is 2. The smallest absolute Gasteiger partial charge is 0.236 e. The van der Waals surface area contributed by atoms with Crippen molar-refractivity contribution in [2.75, 3.05) is 18.7 Å². The largest absolute Gasteiger partial charge is 0.772 e. The Kier molecular flexibility index (Phi) is 6.17. The highest BCUT2D eigenvalue weighted by molar-refractivity contribution is 7.89. The number of anilines is 1. The third-order valence-electron chi connectivity index (χ3n) is 6.23. The van der Waals surface area contributed by atoms with Gasteiger partial charge in [-0.05, 0) is 61.7 Å². The summed E-state index contributed by atoms with van der Waals surface area (Å²) in [4.78, 5) is 17.5. The highest BCUT2D eigenvalue weighted by Gasteiger charge is 2.51. The number of amides is 1. The molecule has 1 aromatic heterocycles. The first kappa shape index (κ1) is 24.2. The maximum atomic E-state index is 13.2. The number of nitrogens with zero attached hydrogens (tertiary/aromatic N) is 2. The number of benzene rings is 2. The van der Waals surface area contributed by atoms with Crippen LogP contribution in [0, 0.1) is 5.21 Å².